The molecule has 3 heterocycles. The van der Waals surface area contributed by atoms with E-state index in [4.69, 9.17) is 22.1 Å². The van der Waals surface area contributed by atoms with E-state index in [1.54, 1.807) is 42.7 Å². The van der Waals surface area contributed by atoms with E-state index >= 15 is 4.39 Å². The third-order valence-corrected chi connectivity index (χ3v) is 9.64. The SMILES string of the molecule is CC(C)(F)C[C@]1(c2ccc(-c3ncccn3)cc2)N=C(N)N([C@H](COC(=O)CC2(C(C)(F)F)CC2)c2ccc(Cl)c(-n3ncnc3C(F)F)c2)C1=O. The number of esters is 1. The van der Waals surface area contributed by atoms with E-state index in [2.05, 4.69) is 25.0 Å². The number of aromatic nitrogens is 5. The quantitative estimate of drug-likeness (QED) is 0.115. The van der Waals surface area contributed by atoms with Crippen molar-refractivity contribution in [2.24, 2.45) is 16.1 Å². The van der Waals surface area contributed by atoms with E-state index in [9.17, 15) is 27.2 Å². The molecule has 0 radical (unpaired) electrons. The number of alkyl halides is 5. The summed E-state index contributed by atoms with van der Waals surface area (Å²) in [5, 5.41) is 3.86. The number of carbonyl (C=O) groups is 2. The Bertz CT molecular complexity index is 2000. The van der Waals surface area contributed by atoms with Crippen LogP contribution in [0.3, 0.4) is 0 Å². The molecule has 4 aromatic rings. The summed E-state index contributed by atoms with van der Waals surface area (Å²) in [5.74, 6) is -5.55. The molecule has 2 N–H and O–H groups in total. The molecule has 6 rings (SSSR count). The van der Waals surface area contributed by atoms with Gasteiger partial charge in [0.2, 0.25) is 0 Å². The third kappa shape index (κ3) is 7.07. The lowest BCUT2D eigenvalue weighted by Gasteiger charge is -2.33. The maximum Gasteiger partial charge on any atom is 0.306 e. The number of amides is 1. The first-order valence-electron chi connectivity index (χ1n) is 16.2. The lowest BCUT2D eigenvalue weighted by atomic mass is 9.80. The Balaban J connectivity index is 1.41. The van der Waals surface area contributed by atoms with Gasteiger partial charge in [0, 0.05) is 29.8 Å². The molecule has 0 spiro atoms. The second-order valence-corrected chi connectivity index (χ2v) is 14.0. The minimum absolute atomic E-state index is 0.0156. The Morgan fingerprint density at radius 3 is 2.31 bits per heavy atom. The van der Waals surface area contributed by atoms with Crippen molar-refractivity contribution in [2.75, 3.05) is 6.61 Å². The lowest BCUT2D eigenvalue weighted by molar-refractivity contribution is -0.153. The summed E-state index contributed by atoms with van der Waals surface area (Å²) in [4.78, 5) is 45.5. The maximum absolute atomic E-state index is 15.6. The van der Waals surface area contributed by atoms with Crippen LogP contribution in [-0.2, 0) is 19.9 Å². The minimum Gasteiger partial charge on any atom is -0.463 e. The molecule has 1 fully saturated rings. The predicted molar refractivity (Wildman–Crippen MR) is 179 cm³/mol. The lowest BCUT2D eigenvalue weighted by Crippen LogP contribution is -2.48. The molecule has 1 amide bonds. The molecule has 17 heteroatoms. The highest BCUT2D eigenvalue weighted by molar-refractivity contribution is 6.32. The fraction of sp³-hybridized carbons (Fsp3) is 0.400. The van der Waals surface area contributed by atoms with Gasteiger partial charge in [0.1, 0.15) is 18.6 Å². The molecule has 0 saturated heterocycles. The number of rotatable bonds is 13. The van der Waals surface area contributed by atoms with E-state index in [0.717, 1.165) is 22.8 Å². The Kier molecular flexibility index (Phi) is 9.57. The highest BCUT2D eigenvalue weighted by Gasteiger charge is 2.60. The highest BCUT2D eigenvalue weighted by atomic mass is 35.5. The number of halogens is 6. The van der Waals surface area contributed by atoms with Gasteiger partial charge in [0.25, 0.3) is 18.3 Å². The second-order valence-electron chi connectivity index (χ2n) is 13.6. The molecular formula is C35H34ClF5N8O3. The van der Waals surface area contributed by atoms with Gasteiger partial charge in [0.05, 0.1) is 23.2 Å². The summed E-state index contributed by atoms with van der Waals surface area (Å²) >= 11 is 6.42. The van der Waals surface area contributed by atoms with Crippen molar-refractivity contribution in [3.63, 3.8) is 0 Å². The minimum atomic E-state index is -3.14. The van der Waals surface area contributed by atoms with Crippen LogP contribution in [0.15, 0.2) is 72.2 Å². The summed E-state index contributed by atoms with van der Waals surface area (Å²) < 4.78 is 78.3. The van der Waals surface area contributed by atoms with Crippen LogP contribution in [0.5, 0.6) is 0 Å². The molecule has 274 valence electrons. The number of hydrogen-bond acceptors (Lipinski definition) is 9. The van der Waals surface area contributed by atoms with Gasteiger partial charge >= 0.3 is 5.97 Å². The van der Waals surface area contributed by atoms with Crippen molar-refractivity contribution in [2.45, 2.75) is 76.1 Å². The number of ether oxygens (including phenoxy) is 1. The van der Waals surface area contributed by atoms with Crippen molar-refractivity contribution in [3.05, 3.63) is 89.2 Å². The Labute approximate surface area is 300 Å². The zero-order valence-corrected chi connectivity index (χ0v) is 29.0. The number of aliphatic imine (C=N–C) groups is 1. The normalized spacial score (nSPS) is 19.2. The molecule has 1 saturated carbocycles. The van der Waals surface area contributed by atoms with Crippen molar-refractivity contribution in [1.82, 2.24) is 29.6 Å². The summed E-state index contributed by atoms with van der Waals surface area (Å²) in [6, 6.07) is 10.9. The number of guanidine groups is 1. The second kappa shape index (κ2) is 13.5. The fourth-order valence-electron chi connectivity index (χ4n) is 6.48. The van der Waals surface area contributed by atoms with E-state index in [-0.39, 0.29) is 40.6 Å². The molecule has 2 atom stereocenters. The number of carbonyl (C=O) groups excluding carboxylic acids is 2. The largest absolute Gasteiger partial charge is 0.463 e. The average molecular weight is 745 g/mol. The van der Waals surface area contributed by atoms with Gasteiger partial charge in [-0.15, -0.1) is 0 Å². The van der Waals surface area contributed by atoms with Gasteiger partial charge < -0.3 is 10.5 Å². The van der Waals surface area contributed by atoms with Gasteiger partial charge in [-0.3, -0.25) is 14.5 Å². The van der Waals surface area contributed by atoms with E-state index in [1.165, 1.54) is 32.0 Å². The van der Waals surface area contributed by atoms with Crippen molar-refractivity contribution >= 4 is 29.4 Å². The molecule has 1 aliphatic carbocycles. The van der Waals surface area contributed by atoms with Crippen LogP contribution in [-0.4, -0.2) is 65.7 Å². The summed E-state index contributed by atoms with van der Waals surface area (Å²) in [5.41, 5.74) is 2.07. The Hall–Kier alpha value is -4.99. The van der Waals surface area contributed by atoms with Crippen molar-refractivity contribution in [3.8, 4) is 17.1 Å². The van der Waals surface area contributed by atoms with Crippen LogP contribution in [0.4, 0.5) is 22.0 Å². The first kappa shape index (κ1) is 36.8. The van der Waals surface area contributed by atoms with Crippen LogP contribution in [0.2, 0.25) is 5.02 Å². The molecule has 0 bridgehead atoms. The van der Waals surface area contributed by atoms with Crippen molar-refractivity contribution < 1.29 is 36.3 Å². The standard InChI is InChI=1S/C35H34ClF5N8O3/c1-32(2,39)18-35(22-8-5-20(6-9-22)28-43-13-4-14-44-28)30(51)48(31(42)47-35)25(17-52-26(50)16-34(11-12-34)33(3,40)41)21-7-10-23(36)24(15-21)49-29(27(37)38)45-19-46-49/h4-10,13-15,19,25,27H,11-12,16-18H2,1-3H3,(H2,42,47)/t25-,35-/m1/s1. The van der Waals surface area contributed by atoms with Crippen LogP contribution >= 0.6 is 11.6 Å². The molecule has 2 aromatic heterocycles. The van der Waals surface area contributed by atoms with Crippen LogP contribution < -0.4 is 5.73 Å². The van der Waals surface area contributed by atoms with Crippen LogP contribution in [0, 0.1) is 5.41 Å². The molecule has 2 aromatic carbocycles. The molecule has 2 aliphatic rings. The molecule has 0 unspecified atom stereocenters. The van der Waals surface area contributed by atoms with Gasteiger partial charge in [-0.25, -0.2) is 46.6 Å². The molecule has 1 aliphatic heterocycles. The van der Waals surface area contributed by atoms with Gasteiger partial charge in [0.15, 0.2) is 23.1 Å². The number of hydrogen-bond donors (Lipinski definition) is 1. The van der Waals surface area contributed by atoms with Crippen LogP contribution in [0.1, 0.15) is 75.9 Å². The zero-order chi connectivity index (χ0) is 37.6. The Morgan fingerprint density at radius 1 is 1.04 bits per heavy atom. The number of nitrogens with two attached hydrogens (primary N) is 1. The summed E-state index contributed by atoms with van der Waals surface area (Å²) in [6.45, 7) is 2.69. The van der Waals surface area contributed by atoms with E-state index < -0.39 is 72.2 Å². The monoisotopic (exact) mass is 744 g/mol. The van der Waals surface area contributed by atoms with Crippen LogP contribution in [0.25, 0.3) is 17.1 Å². The predicted octanol–water partition coefficient (Wildman–Crippen LogP) is 6.92. The number of benzene rings is 2. The zero-order valence-electron chi connectivity index (χ0n) is 28.2. The third-order valence-electron chi connectivity index (χ3n) is 9.32. The average Bonchev–Trinajstić information content (AvgIpc) is 3.63. The first-order chi connectivity index (χ1) is 24.4. The summed E-state index contributed by atoms with van der Waals surface area (Å²) in [7, 11) is 0. The molecular weight excluding hydrogens is 711 g/mol. The highest BCUT2D eigenvalue weighted by Crippen LogP contribution is 2.59. The first-order valence-corrected chi connectivity index (χ1v) is 16.6. The summed E-state index contributed by atoms with van der Waals surface area (Å²) in [6.07, 6.45) is 0.230. The Morgan fingerprint density at radius 2 is 1.71 bits per heavy atom. The fourth-order valence-corrected chi connectivity index (χ4v) is 6.68. The number of nitrogens with zero attached hydrogens (tertiary/aromatic N) is 7. The van der Waals surface area contributed by atoms with E-state index in [0.29, 0.717) is 11.4 Å². The van der Waals surface area contributed by atoms with Gasteiger partial charge in [-0.05, 0) is 62.9 Å². The van der Waals surface area contributed by atoms with Crippen molar-refractivity contribution in [1.29, 1.82) is 0 Å². The smallest absolute Gasteiger partial charge is 0.306 e. The van der Waals surface area contributed by atoms with Gasteiger partial charge in [-0.2, -0.15) is 5.10 Å². The molecule has 52 heavy (non-hydrogen) atoms. The van der Waals surface area contributed by atoms with E-state index in [1.807, 2.05) is 0 Å². The topological polar surface area (TPSA) is 141 Å². The molecule has 11 nitrogen and oxygen atoms in total. The maximum atomic E-state index is 15.6. The van der Waals surface area contributed by atoms with Gasteiger partial charge in [-0.1, -0.05) is 41.9 Å².